The third-order valence-corrected chi connectivity index (χ3v) is 4.56. The van der Waals surface area contributed by atoms with E-state index < -0.39 is 5.95 Å². The molecule has 0 saturated carbocycles. The van der Waals surface area contributed by atoms with Crippen LogP contribution in [0.3, 0.4) is 0 Å². The van der Waals surface area contributed by atoms with Crippen LogP contribution in [0.4, 0.5) is 10.1 Å². The number of pyridine rings is 2. The van der Waals surface area contributed by atoms with Crippen LogP contribution < -0.4 is 9.64 Å². The lowest BCUT2D eigenvalue weighted by Crippen LogP contribution is -2.18. The van der Waals surface area contributed by atoms with E-state index in [0.717, 1.165) is 29.7 Å². The summed E-state index contributed by atoms with van der Waals surface area (Å²) in [6.45, 7) is 4.35. The molecular formula is C20H21ClFN3O. The van der Waals surface area contributed by atoms with Gasteiger partial charge in [0.2, 0.25) is 5.95 Å². The maximum Gasteiger partial charge on any atom is 0.219 e. The maximum atomic E-state index is 13.6. The van der Waals surface area contributed by atoms with Crippen LogP contribution >= 0.6 is 12.4 Å². The molecule has 1 aliphatic heterocycles. The molecule has 0 atom stereocenters. The third kappa shape index (κ3) is 3.73. The van der Waals surface area contributed by atoms with E-state index >= 15 is 0 Å². The summed E-state index contributed by atoms with van der Waals surface area (Å²) in [5.41, 5.74) is 3.58. The van der Waals surface area contributed by atoms with E-state index in [-0.39, 0.29) is 19.0 Å². The zero-order valence-electron chi connectivity index (χ0n) is 14.6. The van der Waals surface area contributed by atoms with Crippen LogP contribution in [0.2, 0.25) is 0 Å². The monoisotopic (exact) mass is 373 g/mol. The average Bonchev–Trinajstić information content (AvgIpc) is 3.14. The van der Waals surface area contributed by atoms with Crippen molar-refractivity contribution < 1.29 is 9.13 Å². The molecule has 1 fully saturated rings. The number of ether oxygens (including phenoxy) is 1. The van der Waals surface area contributed by atoms with E-state index in [2.05, 4.69) is 20.9 Å². The number of rotatable bonds is 4. The molecule has 0 amide bonds. The van der Waals surface area contributed by atoms with Gasteiger partial charge in [-0.1, -0.05) is 0 Å². The molecule has 3 heterocycles. The lowest BCUT2D eigenvalue weighted by Gasteiger charge is -2.20. The quantitative estimate of drug-likeness (QED) is 0.622. The SMILES string of the molecule is Cc1cc(N2CCCC2)c2ccc(OCc3cccnc3F)cc2n1.Cl. The summed E-state index contributed by atoms with van der Waals surface area (Å²) in [6, 6.07) is 11.4. The van der Waals surface area contributed by atoms with E-state index in [4.69, 9.17) is 4.74 Å². The molecule has 0 unspecified atom stereocenters. The van der Waals surface area contributed by atoms with Gasteiger partial charge in [-0.15, -0.1) is 12.4 Å². The molecule has 1 saturated heterocycles. The number of aryl methyl sites for hydroxylation is 1. The Bertz CT molecular complexity index is 913. The standard InChI is InChI=1S/C20H20FN3O.ClH/c1-14-11-19(24-9-2-3-10-24)17-7-6-16(12-18(17)23-14)25-13-15-5-4-8-22-20(15)21;/h4-8,11-12H,2-3,9-10,13H2,1H3;1H. The Morgan fingerprint density at radius 2 is 1.96 bits per heavy atom. The smallest absolute Gasteiger partial charge is 0.219 e. The molecular weight excluding hydrogens is 353 g/mol. The van der Waals surface area contributed by atoms with Crippen molar-refractivity contribution in [3.63, 3.8) is 0 Å². The van der Waals surface area contributed by atoms with Crippen LogP contribution in [0.15, 0.2) is 42.6 Å². The van der Waals surface area contributed by atoms with Crippen molar-refractivity contribution in [2.24, 2.45) is 0 Å². The number of anilines is 1. The number of halogens is 2. The van der Waals surface area contributed by atoms with Crippen LogP contribution in [0.1, 0.15) is 24.1 Å². The molecule has 2 aromatic heterocycles. The second kappa shape index (κ2) is 7.87. The van der Waals surface area contributed by atoms with E-state index in [9.17, 15) is 4.39 Å². The van der Waals surface area contributed by atoms with Gasteiger partial charge in [-0.25, -0.2) is 4.98 Å². The highest BCUT2D eigenvalue weighted by atomic mass is 35.5. The summed E-state index contributed by atoms with van der Waals surface area (Å²) in [7, 11) is 0. The predicted molar refractivity (Wildman–Crippen MR) is 104 cm³/mol. The summed E-state index contributed by atoms with van der Waals surface area (Å²) in [6.07, 6.45) is 3.91. The van der Waals surface area contributed by atoms with Crippen molar-refractivity contribution in [2.75, 3.05) is 18.0 Å². The highest BCUT2D eigenvalue weighted by Crippen LogP contribution is 2.31. The fraction of sp³-hybridized carbons (Fsp3) is 0.300. The molecule has 0 radical (unpaired) electrons. The van der Waals surface area contributed by atoms with Gasteiger partial charge in [0, 0.05) is 47.7 Å². The normalized spacial score (nSPS) is 13.7. The van der Waals surface area contributed by atoms with E-state index in [0.29, 0.717) is 11.3 Å². The molecule has 0 spiro atoms. The minimum atomic E-state index is -0.492. The Morgan fingerprint density at radius 1 is 1.15 bits per heavy atom. The Morgan fingerprint density at radius 3 is 2.73 bits per heavy atom. The number of nitrogens with zero attached hydrogens (tertiary/aromatic N) is 3. The van der Waals surface area contributed by atoms with Crippen LogP contribution in [0, 0.1) is 12.9 Å². The van der Waals surface area contributed by atoms with Gasteiger partial charge >= 0.3 is 0 Å². The Labute approximate surface area is 158 Å². The first-order valence-electron chi connectivity index (χ1n) is 8.59. The first-order valence-corrected chi connectivity index (χ1v) is 8.59. The number of aromatic nitrogens is 2. The van der Waals surface area contributed by atoms with Crippen molar-refractivity contribution in [3.05, 3.63) is 59.8 Å². The minimum Gasteiger partial charge on any atom is -0.489 e. The van der Waals surface area contributed by atoms with Gasteiger partial charge in [0.25, 0.3) is 0 Å². The Hall–Kier alpha value is -2.40. The second-order valence-electron chi connectivity index (χ2n) is 6.40. The molecule has 0 bridgehead atoms. The number of hydrogen-bond donors (Lipinski definition) is 0. The topological polar surface area (TPSA) is 38.2 Å². The Kier molecular flexibility index (Phi) is 5.57. The fourth-order valence-corrected chi connectivity index (χ4v) is 3.32. The van der Waals surface area contributed by atoms with Gasteiger partial charge in [-0.05, 0) is 50.1 Å². The maximum absolute atomic E-state index is 13.6. The molecule has 1 aromatic carbocycles. The molecule has 6 heteroatoms. The molecule has 0 aliphatic carbocycles. The molecule has 4 nitrogen and oxygen atoms in total. The highest BCUT2D eigenvalue weighted by Gasteiger charge is 2.16. The largest absolute Gasteiger partial charge is 0.489 e. The number of hydrogen-bond acceptors (Lipinski definition) is 4. The lowest BCUT2D eigenvalue weighted by molar-refractivity contribution is 0.298. The summed E-state index contributed by atoms with van der Waals surface area (Å²) in [5, 5.41) is 1.13. The van der Waals surface area contributed by atoms with Crippen molar-refractivity contribution in [1.29, 1.82) is 0 Å². The average molecular weight is 374 g/mol. The first-order chi connectivity index (χ1) is 12.2. The summed E-state index contributed by atoms with van der Waals surface area (Å²) < 4.78 is 19.4. The highest BCUT2D eigenvalue weighted by molar-refractivity contribution is 5.93. The van der Waals surface area contributed by atoms with Gasteiger partial charge in [0.15, 0.2) is 0 Å². The van der Waals surface area contributed by atoms with Gasteiger partial charge in [-0.2, -0.15) is 4.39 Å². The zero-order valence-corrected chi connectivity index (χ0v) is 15.4. The predicted octanol–water partition coefficient (Wildman–Crippen LogP) is 4.68. The summed E-state index contributed by atoms with van der Waals surface area (Å²) >= 11 is 0. The van der Waals surface area contributed by atoms with E-state index in [1.54, 1.807) is 12.1 Å². The van der Waals surface area contributed by atoms with Gasteiger partial charge in [0.1, 0.15) is 12.4 Å². The number of fused-ring (bicyclic) bond motifs is 1. The summed E-state index contributed by atoms with van der Waals surface area (Å²) in [4.78, 5) is 10.7. The zero-order chi connectivity index (χ0) is 17.2. The first kappa shape index (κ1) is 18.4. The van der Waals surface area contributed by atoms with E-state index in [1.165, 1.54) is 24.7 Å². The van der Waals surface area contributed by atoms with Crippen molar-refractivity contribution in [3.8, 4) is 5.75 Å². The number of benzene rings is 1. The van der Waals surface area contributed by atoms with Crippen LogP contribution in [-0.2, 0) is 6.61 Å². The fourth-order valence-electron chi connectivity index (χ4n) is 3.32. The van der Waals surface area contributed by atoms with Crippen molar-refractivity contribution in [2.45, 2.75) is 26.4 Å². The Balaban J connectivity index is 0.00000196. The van der Waals surface area contributed by atoms with Crippen LogP contribution in [-0.4, -0.2) is 23.1 Å². The molecule has 26 heavy (non-hydrogen) atoms. The molecule has 136 valence electrons. The van der Waals surface area contributed by atoms with E-state index in [1.807, 2.05) is 25.1 Å². The molecule has 0 N–H and O–H groups in total. The van der Waals surface area contributed by atoms with Crippen molar-refractivity contribution in [1.82, 2.24) is 9.97 Å². The molecule has 1 aliphatic rings. The summed E-state index contributed by atoms with van der Waals surface area (Å²) in [5.74, 6) is 0.190. The molecule has 3 aromatic rings. The minimum absolute atomic E-state index is 0. The third-order valence-electron chi connectivity index (χ3n) is 4.56. The second-order valence-corrected chi connectivity index (χ2v) is 6.40. The van der Waals surface area contributed by atoms with Crippen LogP contribution in [0.5, 0.6) is 5.75 Å². The van der Waals surface area contributed by atoms with Gasteiger partial charge in [0.05, 0.1) is 5.52 Å². The van der Waals surface area contributed by atoms with Gasteiger partial charge in [-0.3, -0.25) is 4.98 Å². The lowest BCUT2D eigenvalue weighted by atomic mass is 10.1. The molecule has 4 rings (SSSR count). The van der Waals surface area contributed by atoms with Crippen molar-refractivity contribution >= 4 is 29.0 Å². The van der Waals surface area contributed by atoms with Gasteiger partial charge < -0.3 is 9.64 Å². The van der Waals surface area contributed by atoms with Crippen LogP contribution in [0.25, 0.3) is 10.9 Å².